The van der Waals surface area contributed by atoms with Crippen molar-refractivity contribution in [2.75, 3.05) is 0 Å². The van der Waals surface area contributed by atoms with E-state index < -0.39 is 0 Å². The first-order chi connectivity index (χ1) is 8.65. The largest absolute Gasteiger partial charge is 0.393 e. The van der Waals surface area contributed by atoms with Crippen LogP contribution >= 0.6 is 11.3 Å². The maximum absolute atomic E-state index is 10.1. The molecule has 0 aliphatic carbocycles. The topological polar surface area (TPSA) is 33.1 Å². The van der Waals surface area contributed by atoms with E-state index in [0.29, 0.717) is 12.3 Å². The molecule has 0 bridgehead atoms. The van der Waals surface area contributed by atoms with Gasteiger partial charge in [-0.15, -0.1) is 11.3 Å². The summed E-state index contributed by atoms with van der Waals surface area (Å²) in [6.45, 7) is 4.15. The van der Waals surface area contributed by atoms with Crippen LogP contribution in [0.1, 0.15) is 35.5 Å². The number of aliphatic hydroxyl groups excluding tert-OH is 1. The second-order valence-corrected chi connectivity index (χ2v) is 5.83. The molecule has 0 saturated heterocycles. The molecule has 1 aromatic heterocycles. The van der Waals surface area contributed by atoms with Crippen molar-refractivity contribution in [3.63, 3.8) is 0 Å². The van der Waals surface area contributed by atoms with Crippen molar-refractivity contribution in [3.8, 4) is 0 Å². The molecule has 0 fully saturated rings. The van der Waals surface area contributed by atoms with Crippen molar-refractivity contribution < 1.29 is 5.11 Å². The molecule has 2 atom stereocenters. The third-order valence-corrected chi connectivity index (χ3v) is 3.93. The molecule has 3 heteroatoms. The molecule has 2 aromatic rings. The van der Waals surface area contributed by atoms with Crippen LogP contribution in [0, 0.1) is 6.92 Å². The van der Waals surface area contributed by atoms with E-state index in [-0.39, 0.29) is 6.10 Å². The molecule has 0 spiro atoms. The summed E-state index contributed by atoms with van der Waals surface area (Å²) in [6.07, 6.45) is 1.11. The highest BCUT2D eigenvalue weighted by Gasteiger charge is 2.13. The summed E-state index contributed by atoms with van der Waals surface area (Å²) in [7, 11) is 0. The lowest BCUT2D eigenvalue weighted by atomic mass is 9.94. The van der Waals surface area contributed by atoms with Gasteiger partial charge >= 0.3 is 0 Å². The Kier molecular flexibility index (Phi) is 4.50. The van der Waals surface area contributed by atoms with Crippen LogP contribution in [0.3, 0.4) is 0 Å². The summed E-state index contributed by atoms with van der Waals surface area (Å²) in [5.74, 6) is 0.376. The SMILES string of the molecule is Cc1nc(CC(O)CC(C)c2ccccc2)cs1. The van der Waals surface area contributed by atoms with Crippen molar-refractivity contribution >= 4 is 11.3 Å². The molecule has 0 aliphatic heterocycles. The standard InChI is InChI=1S/C15H19NOS/c1-11(13-6-4-3-5-7-13)8-15(17)9-14-10-18-12(2)16-14/h3-7,10-11,15,17H,8-9H2,1-2H3. The highest BCUT2D eigenvalue weighted by Crippen LogP contribution is 2.22. The lowest BCUT2D eigenvalue weighted by molar-refractivity contribution is 0.156. The summed E-state index contributed by atoms with van der Waals surface area (Å²) in [5.41, 5.74) is 2.29. The zero-order valence-corrected chi connectivity index (χ0v) is 11.7. The molecule has 96 valence electrons. The van der Waals surface area contributed by atoms with Gasteiger partial charge in [-0.3, -0.25) is 0 Å². The number of aliphatic hydroxyl groups is 1. The van der Waals surface area contributed by atoms with Crippen LogP contribution in [0.2, 0.25) is 0 Å². The van der Waals surface area contributed by atoms with Crippen molar-refractivity contribution in [2.45, 2.75) is 38.7 Å². The lowest BCUT2D eigenvalue weighted by Gasteiger charge is -2.16. The molecule has 1 heterocycles. The number of hydrogen-bond acceptors (Lipinski definition) is 3. The minimum atomic E-state index is -0.318. The quantitative estimate of drug-likeness (QED) is 0.893. The third kappa shape index (κ3) is 3.65. The second-order valence-electron chi connectivity index (χ2n) is 4.76. The first-order valence-corrected chi connectivity index (χ1v) is 7.17. The van der Waals surface area contributed by atoms with Gasteiger partial charge in [-0.1, -0.05) is 37.3 Å². The van der Waals surface area contributed by atoms with E-state index in [2.05, 4.69) is 24.0 Å². The second kappa shape index (κ2) is 6.12. The van der Waals surface area contributed by atoms with Crippen molar-refractivity contribution in [1.29, 1.82) is 0 Å². The minimum absolute atomic E-state index is 0.318. The van der Waals surface area contributed by atoms with Gasteiger partial charge in [0, 0.05) is 11.8 Å². The molecule has 2 nitrogen and oxygen atoms in total. The van der Waals surface area contributed by atoms with Gasteiger partial charge in [0.2, 0.25) is 0 Å². The van der Waals surface area contributed by atoms with E-state index in [1.165, 1.54) is 5.56 Å². The zero-order chi connectivity index (χ0) is 13.0. The van der Waals surface area contributed by atoms with Crippen molar-refractivity contribution in [1.82, 2.24) is 4.98 Å². The monoisotopic (exact) mass is 261 g/mol. The van der Waals surface area contributed by atoms with Crippen molar-refractivity contribution in [3.05, 3.63) is 52.0 Å². The van der Waals surface area contributed by atoms with Crippen LogP contribution in [0.4, 0.5) is 0 Å². The summed E-state index contributed by atoms with van der Waals surface area (Å²) >= 11 is 1.64. The number of benzene rings is 1. The molecule has 2 rings (SSSR count). The minimum Gasteiger partial charge on any atom is -0.393 e. The summed E-state index contributed by atoms with van der Waals surface area (Å²) < 4.78 is 0. The van der Waals surface area contributed by atoms with Gasteiger partial charge in [0.1, 0.15) is 0 Å². The Hall–Kier alpha value is -1.19. The van der Waals surface area contributed by atoms with Gasteiger partial charge in [0.15, 0.2) is 0 Å². The van der Waals surface area contributed by atoms with E-state index in [4.69, 9.17) is 0 Å². The summed E-state index contributed by atoms with van der Waals surface area (Å²) in [5, 5.41) is 13.2. The molecular weight excluding hydrogens is 242 g/mol. The Morgan fingerprint density at radius 1 is 1.28 bits per heavy atom. The predicted octanol–water partition coefficient (Wildman–Crippen LogP) is 3.55. The third-order valence-electron chi connectivity index (χ3n) is 3.11. The van der Waals surface area contributed by atoms with Crippen LogP contribution in [0.15, 0.2) is 35.7 Å². The maximum atomic E-state index is 10.1. The van der Waals surface area contributed by atoms with E-state index >= 15 is 0 Å². The molecule has 0 amide bonds. The Balaban J connectivity index is 1.89. The smallest absolute Gasteiger partial charge is 0.0897 e. The van der Waals surface area contributed by atoms with Crippen LogP contribution in [0.25, 0.3) is 0 Å². The molecule has 0 radical (unpaired) electrons. The fraction of sp³-hybridized carbons (Fsp3) is 0.400. The van der Waals surface area contributed by atoms with Gasteiger partial charge in [-0.2, -0.15) is 0 Å². The number of aromatic nitrogens is 1. The van der Waals surface area contributed by atoms with Crippen molar-refractivity contribution in [2.24, 2.45) is 0 Å². The average Bonchev–Trinajstić information content (AvgIpc) is 2.75. The molecule has 1 N–H and O–H groups in total. The fourth-order valence-corrected chi connectivity index (χ4v) is 2.78. The Labute approximate surface area is 112 Å². The Morgan fingerprint density at radius 3 is 2.61 bits per heavy atom. The average molecular weight is 261 g/mol. The Morgan fingerprint density at radius 2 is 2.00 bits per heavy atom. The van der Waals surface area contributed by atoms with Crippen LogP contribution < -0.4 is 0 Å². The molecule has 2 unspecified atom stereocenters. The van der Waals surface area contributed by atoms with Gasteiger partial charge in [0.25, 0.3) is 0 Å². The number of hydrogen-bond donors (Lipinski definition) is 1. The van der Waals surface area contributed by atoms with Crippen LogP contribution in [-0.4, -0.2) is 16.2 Å². The maximum Gasteiger partial charge on any atom is 0.0897 e. The molecule has 1 aromatic carbocycles. The van der Waals surface area contributed by atoms with E-state index in [0.717, 1.165) is 17.1 Å². The van der Waals surface area contributed by atoms with Crippen LogP contribution in [0.5, 0.6) is 0 Å². The van der Waals surface area contributed by atoms with Gasteiger partial charge in [0.05, 0.1) is 16.8 Å². The zero-order valence-electron chi connectivity index (χ0n) is 10.8. The number of thiazole rings is 1. The summed E-state index contributed by atoms with van der Waals surface area (Å²) in [4.78, 5) is 4.39. The van der Waals surface area contributed by atoms with Gasteiger partial charge in [-0.25, -0.2) is 4.98 Å². The number of nitrogens with zero attached hydrogens (tertiary/aromatic N) is 1. The predicted molar refractivity (Wildman–Crippen MR) is 76.0 cm³/mol. The molecule has 18 heavy (non-hydrogen) atoms. The fourth-order valence-electron chi connectivity index (χ4n) is 2.15. The number of aryl methyl sites for hydroxylation is 1. The normalized spacial score (nSPS) is 14.4. The van der Waals surface area contributed by atoms with E-state index in [9.17, 15) is 5.11 Å². The molecular formula is C15H19NOS. The van der Waals surface area contributed by atoms with E-state index in [1.54, 1.807) is 11.3 Å². The highest BCUT2D eigenvalue weighted by atomic mass is 32.1. The number of rotatable bonds is 5. The highest BCUT2D eigenvalue weighted by molar-refractivity contribution is 7.09. The first kappa shape index (κ1) is 13.2. The summed E-state index contributed by atoms with van der Waals surface area (Å²) in [6, 6.07) is 10.3. The van der Waals surface area contributed by atoms with E-state index in [1.807, 2.05) is 30.5 Å². The van der Waals surface area contributed by atoms with Crippen LogP contribution in [-0.2, 0) is 6.42 Å². The lowest BCUT2D eigenvalue weighted by Crippen LogP contribution is -2.14. The first-order valence-electron chi connectivity index (χ1n) is 6.29. The Bertz CT molecular complexity index is 480. The molecule has 0 aliphatic rings. The van der Waals surface area contributed by atoms with Gasteiger partial charge < -0.3 is 5.11 Å². The van der Waals surface area contributed by atoms with Gasteiger partial charge in [-0.05, 0) is 24.8 Å². The molecule has 0 saturated carbocycles.